The number of amides is 1. The molecule has 2 unspecified atom stereocenters. The molecule has 1 aliphatic rings. The van der Waals surface area contributed by atoms with Gasteiger partial charge in [-0.25, -0.2) is 0 Å². The lowest BCUT2D eigenvalue weighted by atomic mass is 9.91. The van der Waals surface area contributed by atoms with Crippen LogP contribution in [0.1, 0.15) is 34.1 Å². The minimum atomic E-state index is -0.466. The highest BCUT2D eigenvalue weighted by molar-refractivity contribution is 6.30. The van der Waals surface area contributed by atoms with Crippen molar-refractivity contribution in [2.45, 2.75) is 39.5 Å². The lowest BCUT2D eigenvalue weighted by molar-refractivity contribution is -0.119. The van der Waals surface area contributed by atoms with Crippen LogP contribution < -0.4 is 5.32 Å². The van der Waals surface area contributed by atoms with Gasteiger partial charge in [-0.3, -0.25) is 4.79 Å². The third kappa shape index (κ3) is 2.74. The molecule has 14 heavy (non-hydrogen) atoms. The Morgan fingerprint density at radius 2 is 2.29 bits per heavy atom. The Morgan fingerprint density at radius 3 is 2.64 bits per heavy atom. The van der Waals surface area contributed by atoms with E-state index in [4.69, 9.17) is 11.6 Å². The molecule has 1 rings (SSSR count). The summed E-state index contributed by atoms with van der Waals surface area (Å²) in [5, 5.41) is 2.41. The molecule has 0 bridgehead atoms. The van der Waals surface area contributed by atoms with Gasteiger partial charge < -0.3 is 5.32 Å². The molecule has 3 heteroatoms. The maximum Gasteiger partial charge on any atom is 0.241 e. The van der Waals surface area contributed by atoms with Gasteiger partial charge in [0.25, 0.3) is 0 Å². The molecule has 0 aliphatic heterocycles. The second kappa shape index (κ2) is 3.93. The summed E-state index contributed by atoms with van der Waals surface area (Å²) in [5.74, 6) is 0.312. The van der Waals surface area contributed by atoms with Crippen LogP contribution in [0.5, 0.6) is 0 Å². The van der Waals surface area contributed by atoms with E-state index in [-0.39, 0.29) is 11.3 Å². The van der Waals surface area contributed by atoms with Gasteiger partial charge >= 0.3 is 0 Å². The number of carbonyl (C=O) groups is 1. The van der Waals surface area contributed by atoms with Crippen LogP contribution in [0, 0.1) is 11.3 Å². The minimum absolute atomic E-state index is 0.109. The topological polar surface area (TPSA) is 29.1 Å². The summed E-state index contributed by atoms with van der Waals surface area (Å²) in [6.45, 7) is 8.15. The number of halogens is 1. The molecule has 0 radical (unpaired) electrons. The fraction of sp³-hybridized carbons (Fsp3) is 0.727. The SMILES string of the molecule is CC(Cl)C(=O)NC1=CC(C)(C)CC1C. The van der Waals surface area contributed by atoms with Crippen LogP contribution in [-0.4, -0.2) is 11.3 Å². The summed E-state index contributed by atoms with van der Waals surface area (Å²) in [5.41, 5.74) is 1.21. The zero-order valence-corrected chi connectivity index (χ0v) is 9.98. The van der Waals surface area contributed by atoms with Crippen molar-refractivity contribution in [2.75, 3.05) is 0 Å². The van der Waals surface area contributed by atoms with E-state index in [9.17, 15) is 4.79 Å². The molecule has 2 atom stereocenters. The lowest BCUT2D eigenvalue weighted by Crippen LogP contribution is -2.30. The standard InChI is InChI=1S/C11H18ClNO/c1-7-5-11(3,4)6-9(7)13-10(14)8(2)12/h6-8H,5H2,1-4H3,(H,13,14). The van der Waals surface area contributed by atoms with Gasteiger partial charge in [-0.1, -0.05) is 26.8 Å². The number of carbonyl (C=O) groups excluding carboxylic acids is 1. The Balaban J connectivity index is 2.66. The average Bonchev–Trinajstić information content (AvgIpc) is 2.24. The Labute approximate surface area is 90.7 Å². The smallest absolute Gasteiger partial charge is 0.241 e. The van der Waals surface area contributed by atoms with Gasteiger partial charge in [-0.15, -0.1) is 11.6 Å². The van der Waals surface area contributed by atoms with Crippen molar-refractivity contribution in [1.82, 2.24) is 5.32 Å². The van der Waals surface area contributed by atoms with Crippen molar-refractivity contribution in [1.29, 1.82) is 0 Å². The third-order valence-electron chi connectivity index (χ3n) is 2.54. The van der Waals surface area contributed by atoms with Crippen LogP contribution in [0.2, 0.25) is 0 Å². The van der Waals surface area contributed by atoms with Crippen molar-refractivity contribution in [3.8, 4) is 0 Å². The van der Waals surface area contributed by atoms with E-state index >= 15 is 0 Å². The number of nitrogens with one attached hydrogen (secondary N) is 1. The molecule has 0 aromatic rings. The number of alkyl halides is 1. The van der Waals surface area contributed by atoms with Gasteiger partial charge in [0.2, 0.25) is 5.91 Å². The first-order chi connectivity index (χ1) is 6.32. The van der Waals surface area contributed by atoms with Crippen molar-refractivity contribution >= 4 is 17.5 Å². The predicted octanol–water partition coefficient (Wildman–Crippen LogP) is 2.68. The number of hydrogen-bond donors (Lipinski definition) is 1. The highest BCUT2D eigenvalue weighted by Crippen LogP contribution is 2.37. The Morgan fingerprint density at radius 1 is 1.71 bits per heavy atom. The normalized spacial score (nSPS) is 26.9. The summed E-state index contributed by atoms with van der Waals surface area (Å²) < 4.78 is 0. The van der Waals surface area contributed by atoms with E-state index in [1.165, 1.54) is 0 Å². The van der Waals surface area contributed by atoms with Crippen LogP contribution in [0.3, 0.4) is 0 Å². The number of allylic oxidation sites excluding steroid dienone is 2. The van der Waals surface area contributed by atoms with Crippen molar-refractivity contribution in [3.63, 3.8) is 0 Å². The first-order valence-electron chi connectivity index (χ1n) is 4.99. The Kier molecular flexibility index (Phi) is 3.25. The molecule has 0 saturated heterocycles. The van der Waals surface area contributed by atoms with Crippen molar-refractivity contribution in [3.05, 3.63) is 11.8 Å². The fourth-order valence-electron chi connectivity index (χ4n) is 1.92. The van der Waals surface area contributed by atoms with E-state index in [2.05, 4.69) is 32.2 Å². The summed E-state index contributed by atoms with van der Waals surface area (Å²) in [4.78, 5) is 11.4. The molecule has 80 valence electrons. The van der Waals surface area contributed by atoms with Crippen LogP contribution in [0.4, 0.5) is 0 Å². The highest BCUT2D eigenvalue weighted by Gasteiger charge is 2.30. The van der Waals surface area contributed by atoms with E-state index in [0.29, 0.717) is 5.92 Å². The second-order valence-electron chi connectivity index (χ2n) is 4.80. The molecule has 0 spiro atoms. The summed E-state index contributed by atoms with van der Waals surface area (Å²) in [6, 6.07) is 0. The van der Waals surface area contributed by atoms with E-state index in [1.54, 1.807) is 6.92 Å². The van der Waals surface area contributed by atoms with Crippen molar-refractivity contribution < 1.29 is 4.79 Å². The first-order valence-corrected chi connectivity index (χ1v) is 5.43. The van der Waals surface area contributed by atoms with E-state index < -0.39 is 5.38 Å². The molecule has 0 fully saturated rings. The summed E-state index contributed by atoms with van der Waals surface area (Å²) in [7, 11) is 0. The maximum atomic E-state index is 11.4. The molecular formula is C11H18ClNO. The molecule has 1 N–H and O–H groups in total. The summed E-state index contributed by atoms with van der Waals surface area (Å²) in [6.07, 6.45) is 3.22. The maximum absolute atomic E-state index is 11.4. The predicted molar refractivity (Wildman–Crippen MR) is 59.1 cm³/mol. The molecule has 0 aromatic heterocycles. The second-order valence-corrected chi connectivity index (χ2v) is 5.45. The molecule has 0 saturated carbocycles. The van der Waals surface area contributed by atoms with Gasteiger partial charge in [-0.05, 0) is 24.7 Å². The zero-order chi connectivity index (χ0) is 10.9. The molecule has 1 aliphatic carbocycles. The van der Waals surface area contributed by atoms with E-state index in [0.717, 1.165) is 12.1 Å². The molecular weight excluding hydrogens is 198 g/mol. The van der Waals surface area contributed by atoms with Crippen LogP contribution in [0.25, 0.3) is 0 Å². The van der Waals surface area contributed by atoms with Crippen LogP contribution in [-0.2, 0) is 4.79 Å². The molecule has 1 amide bonds. The lowest BCUT2D eigenvalue weighted by Gasteiger charge is -2.14. The Hall–Kier alpha value is -0.500. The third-order valence-corrected chi connectivity index (χ3v) is 2.74. The molecule has 2 nitrogen and oxygen atoms in total. The van der Waals surface area contributed by atoms with Crippen LogP contribution in [0.15, 0.2) is 11.8 Å². The minimum Gasteiger partial charge on any atom is -0.329 e. The van der Waals surface area contributed by atoms with Gasteiger partial charge in [0.15, 0.2) is 0 Å². The van der Waals surface area contributed by atoms with E-state index in [1.807, 2.05) is 0 Å². The van der Waals surface area contributed by atoms with Gasteiger partial charge in [0.05, 0.1) is 0 Å². The fourth-order valence-corrected chi connectivity index (χ4v) is 1.98. The van der Waals surface area contributed by atoms with Crippen molar-refractivity contribution in [2.24, 2.45) is 11.3 Å². The average molecular weight is 216 g/mol. The highest BCUT2D eigenvalue weighted by atomic mass is 35.5. The summed E-state index contributed by atoms with van der Waals surface area (Å²) >= 11 is 5.69. The quantitative estimate of drug-likeness (QED) is 0.706. The van der Waals surface area contributed by atoms with Gasteiger partial charge in [-0.2, -0.15) is 0 Å². The van der Waals surface area contributed by atoms with Gasteiger partial charge in [0, 0.05) is 5.70 Å². The number of rotatable bonds is 2. The Bertz CT molecular complexity index is 268. The first kappa shape index (κ1) is 11.6. The monoisotopic (exact) mass is 215 g/mol. The van der Waals surface area contributed by atoms with Gasteiger partial charge in [0.1, 0.15) is 5.38 Å². The largest absolute Gasteiger partial charge is 0.329 e. The number of hydrogen-bond acceptors (Lipinski definition) is 1. The molecule has 0 heterocycles. The van der Waals surface area contributed by atoms with Crippen LogP contribution >= 0.6 is 11.6 Å². The molecule has 0 aromatic carbocycles. The zero-order valence-electron chi connectivity index (χ0n) is 9.23.